The molecule has 1 aromatic rings. The Hall–Kier alpha value is -0.540. The van der Waals surface area contributed by atoms with Gasteiger partial charge in [0.25, 0.3) is 0 Å². The SMILES string of the molecule is Cn1cnc(Cl)c1CC1CO1. The number of epoxide rings is 1. The second-order valence-corrected chi connectivity index (χ2v) is 3.11. The lowest BCUT2D eigenvalue weighted by Crippen LogP contribution is -2.00. The summed E-state index contributed by atoms with van der Waals surface area (Å²) < 4.78 is 7.03. The van der Waals surface area contributed by atoms with Crippen molar-refractivity contribution in [2.75, 3.05) is 6.61 Å². The molecule has 0 aliphatic carbocycles. The number of rotatable bonds is 2. The van der Waals surface area contributed by atoms with E-state index in [-0.39, 0.29) is 0 Å². The van der Waals surface area contributed by atoms with Gasteiger partial charge in [0.15, 0.2) is 0 Å². The highest BCUT2D eigenvalue weighted by Gasteiger charge is 2.25. The Labute approximate surface area is 69.9 Å². The number of ether oxygens (including phenoxy) is 1. The van der Waals surface area contributed by atoms with Crippen LogP contribution in [0.3, 0.4) is 0 Å². The molecule has 0 spiro atoms. The fourth-order valence-corrected chi connectivity index (χ4v) is 1.31. The zero-order valence-electron chi connectivity index (χ0n) is 6.25. The van der Waals surface area contributed by atoms with E-state index in [4.69, 9.17) is 16.3 Å². The topological polar surface area (TPSA) is 30.4 Å². The Bertz CT molecular complexity index is 248. The summed E-state index contributed by atoms with van der Waals surface area (Å²) >= 11 is 5.83. The predicted molar refractivity (Wildman–Crippen MR) is 41.7 cm³/mol. The molecule has 1 atom stereocenters. The van der Waals surface area contributed by atoms with Gasteiger partial charge in [-0.25, -0.2) is 4.98 Å². The summed E-state index contributed by atoms with van der Waals surface area (Å²) in [4.78, 5) is 3.97. The number of hydrogen-bond acceptors (Lipinski definition) is 2. The average Bonchev–Trinajstić information content (AvgIpc) is 2.73. The average molecular weight is 173 g/mol. The zero-order valence-corrected chi connectivity index (χ0v) is 7.01. The third-order valence-corrected chi connectivity index (χ3v) is 2.15. The molecule has 1 fully saturated rings. The van der Waals surface area contributed by atoms with E-state index in [1.807, 2.05) is 11.6 Å². The van der Waals surface area contributed by atoms with Crippen molar-refractivity contribution in [1.82, 2.24) is 9.55 Å². The van der Waals surface area contributed by atoms with E-state index >= 15 is 0 Å². The van der Waals surface area contributed by atoms with E-state index in [1.165, 1.54) is 0 Å². The molecule has 2 heterocycles. The van der Waals surface area contributed by atoms with Crippen molar-refractivity contribution in [1.29, 1.82) is 0 Å². The molecule has 60 valence electrons. The third-order valence-electron chi connectivity index (χ3n) is 1.83. The first-order valence-corrected chi connectivity index (χ1v) is 3.92. The summed E-state index contributed by atoms with van der Waals surface area (Å²) in [6.45, 7) is 0.863. The van der Waals surface area contributed by atoms with Crippen LogP contribution >= 0.6 is 11.6 Å². The highest BCUT2D eigenvalue weighted by atomic mass is 35.5. The van der Waals surface area contributed by atoms with Crippen LogP contribution < -0.4 is 0 Å². The minimum Gasteiger partial charge on any atom is -0.373 e. The standard InChI is InChI=1S/C7H9ClN2O/c1-10-4-9-7(8)6(10)2-5-3-11-5/h4-5H,2-3H2,1H3. The van der Waals surface area contributed by atoms with Gasteiger partial charge in [-0.2, -0.15) is 0 Å². The molecule has 11 heavy (non-hydrogen) atoms. The number of nitrogens with zero attached hydrogens (tertiary/aromatic N) is 2. The second kappa shape index (κ2) is 2.50. The van der Waals surface area contributed by atoms with Gasteiger partial charge in [0.05, 0.1) is 24.7 Å². The maximum atomic E-state index is 5.83. The van der Waals surface area contributed by atoms with Crippen LogP contribution in [0.1, 0.15) is 5.69 Å². The first kappa shape index (κ1) is 7.13. The van der Waals surface area contributed by atoms with Gasteiger partial charge in [-0.15, -0.1) is 0 Å². The van der Waals surface area contributed by atoms with Gasteiger partial charge < -0.3 is 9.30 Å². The minimum absolute atomic E-state index is 0.378. The molecule has 0 bridgehead atoms. The maximum absolute atomic E-state index is 5.83. The molecule has 3 nitrogen and oxygen atoms in total. The number of imidazole rings is 1. The molecule has 1 aliphatic heterocycles. The van der Waals surface area contributed by atoms with Gasteiger partial charge in [0, 0.05) is 13.5 Å². The number of halogens is 1. The number of hydrogen-bond donors (Lipinski definition) is 0. The number of aromatic nitrogens is 2. The largest absolute Gasteiger partial charge is 0.373 e. The lowest BCUT2D eigenvalue weighted by molar-refractivity contribution is 0.404. The Balaban J connectivity index is 2.19. The van der Waals surface area contributed by atoms with Crippen molar-refractivity contribution in [3.05, 3.63) is 17.2 Å². The Morgan fingerprint density at radius 3 is 3.09 bits per heavy atom. The highest BCUT2D eigenvalue weighted by Crippen LogP contribution is 2.20. The van der Waals surface area contributed by atoms with Crippen molar-refractivity contribution in [3.63, 3.8) is 0 Å². The molecule has 2 rings (SSSR count). The first-order valence-electron chi connectivity index (χ1n) is 3.54. The summed E-state index contributed by atoms with van der Waals surface area (Å²) in [5.41, 5.74) is 1.06. The quantitative estimate of drug-likeness (QED) is 0.624. The van der Waals surface area contributed by atoms with Crippen LogP contribution in [0.2, 0.25) is 5.15 Å². The summed E-state index contributed by atoms with van der Waals surface area (Å²) in [6.07, 6.45) is 2.98. The lowest BCUT2D eigenvalue weighted by Gasteiger charge is -1.98. The van der Waals surface area contributed by atoms with Crippen LogP contribution in [-0.4, -0.2) is 22.3 Å². The normalized spacial score (nSPS) is 22.2. The van der Waals surface area contributed by atoms with Crippen LogP contribution in [0.4, 0.5) is 0 Å². The van der Waals surface area contributed by atoms with E-state index in [1.54, 1.807) is 6.33 Å². The number of aryl methyl sites for hydroxylation is 1. The summed E-state index contributed by atoms with van der Waals surface area (Å²) in [6, 6.07) is 0. The van der Waals surface area contributed by atoms with Gasteiger partial charge in [-0.1, -0.05) is 11.6 Å². The predicted octanol–water partition coefficient (Wildman–Crippen LogP) is 1.01. The van der Waals surface area contributed by atoms with Crippen molar-refractivity contribution >= 4 is 11.6 Å². The molecular weight excluding hydrogens is 164 g/mol. The Morgan fingerprint density at radius 2 is 2.64 bits per heavy atom. The smallest absolute Gasteiger partial charge is 0.150 e. The minimum atomic E-state index is 0.378. The van der Waals surface area contributed by atoms with E-state index in [2.05, 4.69) is 4.98 Å². The van der Waals surface area contributed by atoms with E-state index in [0.29, 0.717) is 11.3 Å². The molecule has 0 amide bonds. The van der Waals surface area contributed by atoms with Gasteiger partial charge in [0.2, 0.25) is 0 Å². The van der Waals surface area contributed by atoms with Crippen LogP contribution in [0.25, 0.3) is 0 Å². The molecule has 0 radical (unpaired) electrons. The van der Waals surface area contributed by atoms with Crippen molar-refractivity contribution in [2.45, 2.75) is 12.5 Å². The van der Waals surface area contributed by atoms with Gasteiger partial charge in [-0.3, -0.25) is 0 Å². The molecule has 1 unspecified atom stereocenters. The van der Waals surface area contributed by atoms with E-state index in [9.17, 15) is 0 Å². The highest BCUT2D eigenvalue weighted by molar-refractivity contribution is 6.30. The zero-order chi connectivity index (χ0) is 7.84. The van der Waals surface area contributed by atoms with Crippen molar-refractivity contribution < 1.29 is 4.74 Å². The first-order chi connectivity index (χ1) is 5.27. The fraction of sp³-hybridized carbons (Fsp3) is 0.571. The van der Waals surface area contributed by atoms with E-state index in [0.717, 1.165) is 18.7 Å². The second-order valence-electron chi connectivity index (χ2n) is 2.75. The van der Waals surface area contributed by atoms with E-state index < -0.39 is 0 Å². The summed E-state index contributed by atoms with van der Waals surface area (Å²) in [5.74, 6) is 0. The molecule has 0 saturated carbocycles. The molecule has 4 heteroatoms. The molecule has 0 N–H and O–H groups in total. The molecule has 0 aromatic carbocycles. The van der Waals surface area contributed by atoms with Crippen LogP contribution in [0, 0.1) is 0 Å². The van der Waals surface area contributed by atoms with Crippen LogP contribution in [0.5, 0.6) is 0 Å². The Kier molecular flexibility index (Phi) is 1.62. The van der Waals surface area contributed by atoms with Crippen LogP contribution in [0.15, 0.2) is 6.33 Å². The molecular formula is C7H9ClN2O. The maximum Gasteiger partial charge on any atom is 0.150 e. The van der Waals surface area contributed by atoms with Crippen molar-refractivity contribution in [3.8, 4) is 0 Å². The molecule has 1 saturated heterocycles. The molecule has 1 aromatic heterocycles. The lowest BCUT2D eigenvalue weighted by atomic mass is 10.2. The summed E-state index contributed by atoms with van der Waals surface area (Å²) in [5, 5.41) is 0.600. The van der Waals surface area contributed by atoms with Crippen LogP contribution in [-0.2, 0) is 18.2 Å². The van der Waals surface area contributed by atoms with Gasteiger partial charge in [-0.05, 0) is 0 Å². The van der Waals surface area contributed by atoms with Gasteiger partial charge in [0.1, 0.15) is 5.15 Å². The van der Waals surface area contributed by atoms with Gasteiger partial charge >= 0.3 is 0 Å². The third kappa shape index (κ3) is 1.39. The summed E-state index contributed by atoms with van der Waals surface area (Å²) in [7, 11) is 1.94. The molecule has 1 aliphatic rings. The Morgan fingerprint density at radius 1 is 1.91 bits per heavy atom. The fourth-order valence-electron chi connectivity index (χ4n) is 1.06. The van der Waals surface area contributed by atoms with Crippen molar-refractivity contribution in [2.24, 2.45) is 7.05 Å². The monoisotopic (exact) mass is 172 g/mol.